The van der Waals surface area contributed by atoms with Gasteiger partial charge in [0.05, 0.1) is 0 Å². The molecule has 18 heavy (non-hydrogen) atoms. The molecule has 2 rings (SSSR count). The van der Waals surface area contributed by atoms with E-state index in [1.807, 2.05) is 6.07 Å². The first-order valence-electron chi connectivity index (χ1n) is 7.15. The molecule has 2 N–H and O–H groups in total. The summed E-state index contributed by atoms with van der Waals surface area (Å²) in [5, 5.41) is 6.85. The molecular weight excluding hydrogens is 224 g/mol. The normalized spacial score (nSPS) is 21.7. The SMILES string of the molecule is CCCNc1cc(NC2CC2CC)nc(CC)n1. The first-order chi connectivity index (χ1) is 8.76. The lowest BCUT2D eigenvalue weighted by Crippen LogP contribution is -2.10. The van der Waals surface area contributed by atoms with Crippen LogP contribution >= 0.6 is 0 Å². The van der Waals surface area contributed by atoms with E-state index >= 15 is 0 Å². The molecule has 4 nitrogen and oxygen atoms in total. The van der Waals surface area contributed by atoms with Gasteiger partial charge in [-0.3, -0.25) is 0 Å². The highest BCUT2D eigenvalue weighted by molar-refractivity contribution is 5.49. The summed E-state index contributed by atoms with van der Waals surface area (Å²) in [6.07, 6.45) is 4.51. The van der Waals surface area contributed by atoms with Crippen LogP contribution in [0.3, 0.4) is 0 Å². The van der Waals surface area contributed by atoms with Crippen molar-refractivity contribution in [2.75, 3.05) is 17.2 Å². The zero-order valence-corrected chi connectivity index (χ0v) is 11.7. The highest BCUT2D eigenvalue weighted by Crippen LogP contribution is 2.35. The predicted octanol–water partition coefficient (Wildman–Crippen LogP) is 3.07. The van der Waals surface area contributed by atoms with Gasteiger partial charge >= 0.3 is 0 Å². The summed E-state index contributed by atoms with van der Waals surface area (Å²) >= 11 is 0. The van der Waals surface area contributed by atoms with Gasteiger partial charge in [0.25, 0.3) is 0 Å². The van der Waals surface area contributed by atoms with Crippen molar-refractivity contribution in [3.05, 3.63) is 11.9 Å². The molecule has 0 aliphatic heterocycles. The maximum atomic E-state index is 4.55. The quantitative estimate of drug-likeness (QED) is 0.778. The van der Waals surface area contributed by atoms with E-state index in [0.717, 1.165) is 42.8 Å². The highest BCUT2D eigenvalue weighted by atomic mass is 15.1. The second-order valence-corrected chi connectivity index (χ2v) is 4.99. The van der Waals surface area contributed by atoms with Crippen LogP contribution in [0.25, 0.3) is 0 Å². The van der Waals surface area contributed by atoms with Crippen LogP contribution in [0.4, 0.5) is 11.6 Å². The first-order valence-corrected chi connectivity index (χ1v) is 7.15. The molecule has 1 aromatic rings. The van der Waals surface area contributed by atoms with Crippen molar-refractivity contribution >= 4 is 11.6 Å². The summed E-state index contributed by atoms with van der Waals surface area (Å²) in [4.78, 5) is 9.04. The summed E-state index contributed by atoms with van der Waals surface area (Å²) in [5.74, 6) is 3.66. The van der Waals surface area contributed by atoms with E-state index in [1.54, 1.807) is 0 Å². The highest BCUT2D eigenvalue weighted by Gasteiger charge is 2.35. The topological polar surface area (TPSA) is 49.8 Å². The van der Waals surface area contributed by atoms with Crippen molar-refractivity contribution < 1.29 is 0 Å². The van der Waals surface area contributed by atoms with E-state index in [2.05, 4.69) is 41.4 Å². The molecule has 2 unspecified atom stereocenters. The molecule has 1 aliphatic rings. The maximum absolute atomic E-state index is 4.55. The standard InChI is InChI=1S/C14H24N4/c1-4-7-15-13-9-14(18-12(6-3)17-13)16-11-8-10(11)5-2/h9-11H,4-8H2,1-3H3,(H2,15,16,17,18). The first kappa shape index (κ1) is 13.1. The number of nitrogens with zero attached hydrogens (tertiary/aromatic N) is 2. The minimum atomic E-state index is 0.619. The fourth-order valence-corrected chi connectivity index (χ4v) is 2.14. The van der Waals surface area contributed by atoms with E-state index < -0.39 is 0 Å². The molecule has 100 valence electrons. The Kier molecular flexibility index (Phi) is 4.39. The van der Waals surface area contributed by atoms with Gasteiger partial charge < -0.3 is 10.6 Å². The van der Waals surface area contributed by atoms with Crippen molar-refractivity contribution in [3.63, 3.8) is 0 Å². The minimum Gasteiger partial charge on any atom is -0.370 e. The van der Waals surface area contributed by atoms with Gasteiger partial charge in [0.2, 0.25) is 0 Å². The number of hydrogen-bond donors (Lipinski definition) is 2. The molecule has 1 aliphatic carbocycles. The number of aromatic nitrogens is 2. The molecular formula is C14H24N4. The van der Waals surface area contributed by atoms with E-state index in [1.165, 1.54) is 12.8 Å². The summed E-state index contributed by atoms with van der Waals surface area (Å²) in [5.41, 5.74) is 0. The lowest BCUT2D eigenvalue weighted by molar-refractivity contribution is 0.772. The van der Waals surface area contributed by atoms with Crippen LogP contribution in [0.5, 0.6) is 0 Å². The van der Waals surface area contributed by atoms with Crippen LogP contribution in [0.2, 0.25) is 0 Å². The molecule has 4 heteroatoms. The number of rotatable bonds is 7. The zero-order chi connectivity index (χ0) is 13.0. The Balaban J connectivity index is 2.03. The van der Waals surface area contributed by atoms with Crippen molar-refractivity contribution in [1.82, 2.24) is 9.97 Å². The van der Waals surface area contributed by atoms with Crippen LogP contribution in [0, 0.1) is 5.92 Å². The molecule has 0 radical (unpaired) electrons. The molecule has 0 bridgehead atoms. The number of hydrogen-bond acceptors (Lipinski definition) is 4. The van der Waals surface area contributed by atoms with E-state index in [0.29, 0.717) is 6.04 Å². The Labute approximate surface area is 110 Å². The molecule has 1 aromatic heterocycles. The Morgan fingerprint density at radius 1 is 1.22 bits per heavy atom. The van der Waals surface area contributed by atoms with Crippen LogP contribution in [-0.4, -0.2) is 22.6 Å². The Bertz CT molecular complexity index is 391. The van der Waals surface area contributed by atoms with Crippen LogP contribution in [-0.2, 0) is 6.42 Å². The summed E-state index contributed by atoms with van der Waals surface area (Å²) < 4.78 is 0. The van der Waals surface area contributed by atoms with E-state index in [4.69, 9.17) is 0 Å². The van der Waals surface area contributed by atoms with Gasteiger partial charge in [-0.15, -0.1) is 0 Å². The number of anilines is 2. The molecule has 0 saturated heterocycles. The molecule has 0 amide bonds. The predicted molar refractivity (Wildman–Crippen MR) is 76.0 cm³/mol. The Hall–Kier alpha value is -1.32. The third-order valence-electron chi connectivity index (χ3n) is 3.43. The van der Waals surface area contributed by atoms with Gasteiger partial charge in [-0.1, -0.05) is 27.2 Å². The molecule has 1 saturated carbocycles. The summed E-state index contributed by atoms with van der Waals surface area (Å²) in [6, 6.07) is 2.65. The maximum Gasteiger partial charge on any atom is 0.132 e. The van der Waals surface area contributed by atoms with Gasteiger partial charge in [0.1, 0.15) is 17.5 Å². The van der Waals surface area contributed by atoms with Crippen LogP contribution < -0.4 is 10.6 Å². The molecule has 2 atom stereocenters. The fraction of sp³-hybridized carbons (Fsp3) is 0.714. The largest absolute Gasteiger partial charge is 0.370 e. The lowest BCUT2D eigenvalue weighted by Gasteiger charge is -2.10. The molecule has 1 fully saturated rings. The van der Waals surface area contributed by atoms with Gasteiger partial charge in [-0.05, 0) is 18.8 Å². The van der Waals surface area contributed by atoms with Crippen molar-refractivity contribution in [2.45, 2.75) is 52.5 Å². The molecule has 0 aromatic carbocycles. The number of nitrogens with one attached hydrogen (secondary N) is 2. The molecule has 1 heterocycles. The van der Waals surface area contributed by atoms with Crippen molar-refractivity contribution in [3.8, 4) is 0 Å². The summed E-state index contributed by atoms with van der Waals surface area (Å²) in [7, 11) is 0. The van der Waals surface area contributed by atoms with E-state index in [9.17, 15) is 0 Å². The van der Waals surface area contributed by atoms with Crippen LogP contribution in [0.1, 0.15) is 45.9 Å². The smallest absolute Gasteiger partial charge is 0.132 e. The third kappa shape index (κ3) is 3.34. The Morgan fingerprint density at radius 3 is 2.61 bits per heavy atom. The zero-order valence-electron chi connectivity index (χ0n) is 11.7. The second kappa shape index (κ2) is 6.03. The average molecular weight is 248 g/mol. The fourth-order valence-electron chi connectivity index (χ4n) is 2.14. The van der Waals surface area contributed by atoms with Gasteiger partial charge in [0.15, 0.2) is 0 Å². The van der Waals surface area contributed by atoms with Gasteiger partial charge in [0, 0.05) is 25.1 Å². The van der Waals surface area contributed by atoms with Crippen LogP contribution in [0.15, 0.2) is 6.07 Å². The third-order valence-corrected chi connectivity index (χ3v) is 3.43. The van der Waals surface area contributed by atoms with Crippen molar-refractivity contribution in [2.24, 2.45) is 5.92 Å². The summed E-state index contributed by atoms with van der Waals surface area (Å²) in [6.45, 7) is 7.46. The van der Waals surface area contributed by atoms with Gasteiger partial charge in [-0.2, -0.15) is 0 Å². The van der Waals surface area contributed by atoms with Crippen molar-refractivity contribution in [1.29, 1.82) is 0 Å². The second-order valence-electron chi connectivity index (χ2n) is 4.99. The number of aryl methyl sites for hydroxylation is 1. The monoisotopic (exact) mass is 248 g/mol. The van der Waals surface area contributed by atoms with E-state index in [-0.39, 0.29) is 0 Å². The minimum absolute atomic E-state index is 0.619. The molecule has 0 spiro atoms. The average Bonchev–Trinajstić information content (AvgIpc) is 3.14. The van der Waals surface area contributed by atoms with Gasteiger partial charge in [-0.25, -0.2) is 9.97 Å². The Morgan fingerprint density at radius 2 is 2.00 bits per heavy atom. The lowest BCUT2D eigenvalue weighted by atomic mass is 10.3.